The minimum Gasteiger partial charge on any atom is -0.504 e. The number of aliphatic hydroxyl groups excluding tert-OH is 3. The zero-order valence-corrected chi connectivity index (χ0v) is 17.1. The lowest BCUT2D eigenvalue weighted by Crippen LogP contribution is -2.61. The second-order valence-electron chi connectivity index (χ2n) is 7.32. The molecule has 33 heavy (non-hydrogen) atoms. The second-order valence-corrected chi connectivity index (χ2v) is 7.32. The quantitative estimate of drug-likeness (QED) is 0.266. The number of fused-ring (bicyclic) bond motifs is 1. The van der Waals surface area contributed by atoms with Crippen molar-refractivity contribution in [3.63, 3.8) is 0 Å². The normalized spacial score (nSPS) is 25.0. The molecule has 0 spiro atoms. The molecule has 11 nitrogen and oxygen atoms in total. The fraction of sp³-hybridized carbons (Fsp3) is 0.273. The third kappa shape index (κ3) is 3.98. The summed E-state index contributed by atoms with van der Waals surface area (Å²) in [7, 11) is 1.03. The van der Waals surface area contributed by atoms with E-state index in [4.69, 9.17) is 13.9 Å². The van der Waals surface area contributed by atoms with E-state index >= 15 is 0 Å². The van der Waals surface area contributed by atoms with Gasteiger partial charge in [-0.25, -0.2) is 4.79 Å². The Kier molecular flexibility index (Phi) is 5.95. The molecule has 0 aliphatic carbocycles. The molecule has 1 saturated heterocycles. The molecule has 11 heteroatoms. The van der Waals surface area contributed by atoms with Crippen LogP contribution in [0.15, 0.2) is 51.7 Å². The van der Waals surface area contributed by atoms with Crippen molar-refractivity contribution in [2.75, 3.05) is 7.11 Å². The summed E-state index contributed by atoms with van der Waals surface area (Å²) >= 11 is 0. The van der Waals surface area contributed by atoms with Gasteiger partial charge in [0.2, 0.25) is 12.0 Å². The molecule has 4 rings (SSSR count). The summed E-state index contributed by atoms with van der Waals surface area (Å²) in [5.74, 6) is -3.04. The van der Waals surface area contributed by atoms with Gasteiger partial charge in [0.15, 0.2) is 23.0 Å². The van der Waals surface area contributed by atoms with Crippen molar-refractivity contribution in [1.29, 1.82) is 0 Å². The van der Waals surface area contributed by atoms with Crippen molar-refractivity contribution in [2.24, 2.45) is 0 Å². The monoisotopic (exact) mass is 460 g/mol. The van der Waals surface area contributed by atoms with Crippen LogP contribution in [0.3, 0.4) is 0 Å². The fourth-order valence-electron chi connectivity index (χ4n) is 3.49. The molecule has 0 bridgehead atoms. The summed E-state index contributed by atoms with van der Waals surface area (Å²) in [6, 6.07) is 10.9. The third-order valence-electron chi connectivity index (χ3n) is 5.24. The van der Waals surface area contributed by atoms with Crippen molar-refractivity contribution in [3.8, 4) is 28.6 Å². The molecule has 174 valence electrons. The van der Waals surface area contributed by atoms with Crippen molar-refractivity contribution >= 4 is 16.9 Å². The van der Waals surface area contributed by atoms with Gasteiger partial charge in [-0.05, 0) is 0 Å². The maximum atomic E-state index is 12.6. The molecular weight excluding hydrogens is 440 g/mol. The Morgan fingerprint density at radius 1 is 0.970 bits per heavy atom. The highest BCUT2D eigenvalue weighted by molar-refractivity contribution is 5.89. The summed E-state index contributed by atoms with van der Waals surface area (Å²) in [6.07, 6.45) is -8.97. The van der Waals surface area contributed by atoms with Gasteiger partial charge in [-0.15, -0.1) is 0 Å². The van der Waals surface area contributed by atoms with Crippen molar-refractivity contribution in [2.45, 2.75) is 30.7 Å². The van der Waals surface area contributed by atoms with Gasteiger partial charge in [0.05, 0.1) is 7.11 Å². The number of phenols is 2. The van der Waals surface area contributed by atoms with Gasteiger partial charge in [0.1, 0.15) is 35.0 Å². The minimum absolute atomic E-state index is 0.151. The number of rotatable bonds is 4. The van der Waals surface area contributed by atoms with Crippen LogP contribution in [0.2, 0.25) is 0 Å². The third-order valence-corrected chi connectivity index (χ3v) is 5.24. The van der Waals surface area contributed by atoms with Gasteiger partial charge in [0, 0.05) is 17.7 Å². The van der Waals surface area contributed by atoms with Crippen LogP contribution >= 0.6 is 0 Å². The van der Waals surface area contributed by atoms with Crippen LogP contribution in [-0.2, 0) is 14.3 Å². The lowest BCUT2D eigenvalue weighted by atomic mass is 9.99. The Morgan fingerprint density at radius 2 is 1.67 bits per heavy atom. The Hall–Kier alpha value is -3.64. The Balaban J connectivity index is 1.75. The molecule has 5 N–H and O–H groups in total. The maximum absolute atomic E-state index is 12.6. The first-order valence-electron chi connectivity index (χ1n) is 9.75. The molecule has 1 fully saturated rings. The highest BCUT2D eigenvalue weighted by atomic mass is 16.7. The summed E-state index contributed by atoms with van der Waals surface area (Å²) < 4.78 is 20.8. The number of hydrogen-bond acceptors (Lipinski definition) is 11. The van der Waals surface area contributed by atoms with Gasteiger partial charge in [-0.2, -0.15) is 0 Å². The molecule has 0 amide bonds. The number of hydrogen-bond donors (Lipinski definition) is 5. The smallest absolute Gasteiger partial charge is 0.337 e. The van der Waals surface area contributed by atoms with Gasteiger partial charge in [0.25, 0.3) is 0 Å². The van der Waals surface area contributed by atoms with Gasteiger partial charge in [-0.1, -0.05) is 30.3 Å². The van der Waals surface area contributed by atoms with Crippen molar-refractivity contribution in [3.05, 3.63) is 52.7 Å². The fourth-order valence-corrected chi connectivity index (χ4v) is 3.49. The molecule has 1 aromatic heterocycles. The van der Waals surface area contributed by atoms with E-state index in [0.29, 0.717) is 5.56 Å². The van der Waals surface area contributed by atoms with Crippen LogP contribution in [0.4, 0.5) is 0 Å². The first kappa shape index (κ1) is 22.6. The highest BCUT2D eigenvalue weighted by Gasteiger charge is 2.48. The molecule has 0 unspecified atom stereocenters. The minimum atomic E-state index is -1.85. The summed E-state index contributed by atoms with van der Waals surface area (Å²) in [5, 5.41) is 50.7. The van der Waals surface area contributed by atoms with Crippen molar-refractivity contribution in [1.82, 2.24) is 0 Å². The number of ether oxygens (including phenoxy) is 3. The SMILES string of the molecule is COC(=O)[C@H]1O[C@@H](Oc2cc3oc(-c4ccccc4)cc(=O)c3c(O)c2O)[C@H](O)[C@@H](O)[C@@H]1O. The Bertz CT molecular complexity index is 1240. The topological polar surface area (TPSA) is 176 Å². The number of carbonyl (C=O) groups is 1. The van der Waals surface area contributed by atoms with Crippen molar-refractivity contribution < 1.29 is 49.0 Å². The van der Waals surface area contributed by atoms with E-state index in [9.17, 15) is 35.1 Å². The zero-order valence-electron chi connectivity index (χ0n) is 17.1. The molecule has 1 aliphatic rings. The molecule has 1 aliphatic heterocycles. The highest BCUT2D eigenvalue weighted by Crippen LogP contribution is 2.42. The largest absolute Gasteiger partial charge is 0.504 e. The molecule has 2 aromatic carbocycles. The number of esters is 1. The van der Waals surface area contributed by atoms with E-state index in [1.54, 1.807) is 30.3 Å². The van der Waals surface area contributed by atoms with E-state index in [-0.39, 0.29) is 16.7 Å². The average Bonchev–Trinajstić information content (AvgIpc) is 2.82. The first-order valence-corrected chi connectivity index (χ1v) is 9.75. The predicted molar refractivity (Wildman–Crippen MR) is 111 cm³/mol. The van der Waals surface area contributed by atoms with Gasteiger partial charge < -0.3 is 44.2 Å². The van der Waals surface area contributed by atoms with Crippen LogP contribution in [0.5, 0.6) is 17.2 Å². The predicted octanol–water partition coefficient (Wildman–Crippen LogP) is 0.231. The molecule has 0 radical (unpaired) electrons. The average molecular weight is 460 g/mol. The number of benzene rings is 2. The standard InChI is InChI=1S/C22H20O11/c1-30-21(29)20-18(27)17(26)19(28)22(33-20)32-13-8-12-14(16(25)15(13)24)10(23)7-11(31-12)9-5-3-2-4-6-9/h2-8,17-20,22,24-28H,1H3/t17-,18-,19+,20-,22+/m0/s1. The van der Waals surface area contributed by atoms with Gasteiger partial charge >= 0.3 is 5.97 Å². The summed E-state index contributed by atoms with van der Waals surface area (Å²) in [5.41, 5.74) is -0.203. The Morgan fingerprint density at radius 3 is 2.33 bits per heavy atom. The van der Waals surface area contributed by atoms with Crippen LogP contribution in [0.1, 0.15) is 0 Å². The van der Waals surface area contributed by atoms with E-state index in [1.807, 2.05) is 0 Å². The van der Waals surface area contributed by atoms with Gasteiger partial charge in [-0.3, -0.25) is 4.79 Å². The first-order chi connectivity index (χ1) is 15.7. The number of aromatic hydroxyl groups is 2. The molecule has 0 saturated carbocycles. The molecule has 3 aromatic rings. The molecule has 2 heterocycles. The maximum Gasteiger partial charge on any atom is 0.337 e. The van der Waals surface area contributed by atoms with E-state index in [1.165, 1.54) is 0 Å². The van der Waals surface area contributed by atoms with E-state index in [0.717, 1.165) is 19.2 Å². The number of carbonyl (C=O) groups excluding carboxylic acids is 1. The van der Waals surface area contributed by atoms with Crippen LogP contribution in [0, 0.1) is 0 Å². The second kappa shape index (κ2) is 8.71. The Labute approximate surface area is 185 Å². The summed E-state index contributed by atoms with van der Waals surface area (Å²) in [4.78, 5) is 24.4. The van der Waals surface area contributed by atoms with Crippen LogP contribution in [-0.4, -0.2) is 69.3 Å². The summed E-state index contributed by atoms with van der Waals surface area (Å²) in [6.45, 7) is 0. The molecular formula is C22H20O11. The lowest BCUT2D eigenvalue weighted by Gasteiger charge is -2.38. The van der Waals surface area contributed by atoms with E-state index in [2.05, 4.69) is 4.74 Å². The number of phenolic OH excluding ortho intramolecular Hbond substituents is 2. The zero-order chi connectivity index (χ0) is 23.9. The number of methoxy groups -OCH3 is 1. The number of aliphatic hydroxyl groups is 3. The molecule has 5 atom stereocenters. The van der Waals surface area contributed by atoms with Crippen LogP contribution in [0.25, 0.3) is 22.3 Å². The lowest BCUT2D eigenvalue weighted by molar-refractivity contribution is -0.272. The van der Waals surface area contributed by atoms with Crippen LogP contribution < -0.4 is 10.2 Å². The van der Waals surface area contributed by atoms with E-state index < -0.39 is 59.4 Å².